The summed E-state index contributed by atoms with van der Waals surface area (Å²) >= 11 is 0. The maximum atomic E-state index is 11.8. The number of ether oxygens (including phenoxy) is 1. The lowest BCUT2D eigenvalue weighted by atomic mass is 10.1. The van der Waals surface area contributed by atoms with E-state index < -0.39 is 0 Å². The van der Waals surface area contributed by atoms with Gasteiger partial charge in [-0.15, -0.1) is 6.58 Å². The second-order valence-electron chi connectivity index (χ2n) is 4.55. The molecule has 18 heavy (non-hydrogen) atoms. The number of rotatable bonds is 5. The molecule has 0 N–H and O–H groups in total. The van der Waals surface area contributed by atoms with Crippen LogP contribution >= 0.6 is 0 Å². The van der Waals surface area contributed by atoms with Gasteiger partial charge < -0.3 is 9.64 Å². The number of carbonyl (C=O) groups excluding carboxylic acids is 1. The van der Waals surface area contributed by atoms with Gasteiger partial charge in [-0.2, -0.15) is 0 Å². The maximum absolute atomic E-state index is 11.8. The fourth-order valence-electron chi connectivity index (χ4n) is 2.08. The van der Waals surface area contributed by atoms with Crippen LogP contribution in [0.2, 0.25) is 0 Å². The van der Waals surface area contributed by atoms with Crippen LogP contribution in [-0.4, -0.2) is 19.1 Å². The summed E-state index contributed by atoms with van der Waals surface area (Å²) in [5, 5.41) is 0. The van der Waals surface area contributed by atoms with Crippen molar-refractivity contribution >= 4 is 11.6 Å². The van der Waals surface area contributed by atoms with Crippen LogP contribution in [0, 0.1) is 5.92 Å². The highest BCUT2D eigenvalue weighted by atomic mass is 16.5. The molecule has 1 fully saturated rings. The van der Waals surface area contributed by atoms with E-state index in [1.807, 2.05) is 35.2 Å². The fraction of sp³-hybridized carbons (Fsp3) is 0.400. The number of nitrogens with zero attached hydrogens (tertiary/aromatic N) is 1. The van der Waals surface area contributed by atoms with Crippen LogP contribution in [0.5, 0.6) is 5.75 Å². The number of amides is 1. The van der Waals surface area contributed by atoms with Crippen molar-refractivity contribution in [3.05, 3.63) is 36.9 Å². The van der Waals surface area contributed by atoms with Gasteiger partial charge in [0.2, 0.25) is 5.91 Å². The summed E-state index contributed by atoms with van der Waals surface area (Å²) < 4.78 is 5.52. The lowest BCUT2D eigenvalue weighted by molar-refractivity contribution is -0.117. The van der Waals surface area contributed by atoms with Crippen molar-refractivity contribution in [2.75, 3.05) is 18.1 Å². The zero-order valence-electron chi connectivity index (χ0n) is 10.8. The van der Waals surface area contributed by atoms with Gasteiger partial charge in [0.1, 0.15) is 5.75 Å². The SMILES string of the molecule is C=CC1CC(=O)N(c2ccc(OCCC)cc2)C1. The smallest absolute Gasteiger partial charge is 0.227 e. The summed E-state index contributed by atoms with van der Waals surface area (Å²) in [4.78, 5) is 13.7. The van der Waals surface area contributed by atoms with E-state index in [4.69, 9.17) is 4.74 Å². The lowest BCUT2D eigenvalue weighted by Gasteiger charge is -2.16. The largest absolute Gasteiger partial charge is 0.494 e. The van der Waals surface area contributed by atoms with Crippen molar-refractivity contribution < 1.29 is 9.53 Å². The molecule has 2 rings (SSSR count). The predicted octanol–water partition coefficient (Wildman–Crippen LogP) is 3.01. The van der Waals surface area contributed by atoms with E-state index in [-0.39, 0.29) is 11.8 Å². The average Bonchev–Trinajstić information content (AvgIpc) is 2.78. The molecular formula is C15H19NO2. The third-order valence-electron chi connectivity index (χ3n) is 3.11. The topological polar surface area (TPSA) is 29.5 Å². The molecule has 0 spiro atoms. The minimum Gasteiger partial charge on any atom is -0.494 e. The Hall–Kier alpha value is -1.77. The van der Waals surface area contributed by atoms with E-state index in [1.165, 1.54) is 0 Å². The van der Waals surface area contributed by atoms with E-state index in [0.29, 0.717) is 6.42 Å². The molecule has 0 saturated carbocycles. The fourth-order valence-corrected chi connectivity index (χ4v) is 2.08. The minimum absolute atomic E-state index is 0.169. The van der Waals surface area contributed by atoms with Gasteiger partial charge in [0.15, 0.2) is 0 Å². The normalized spacial score (nSPS) is 19.1. The number of hydrogen-bond donors (Lipinski definition) is 0. The van der Waals surface area contributed by atoms with Crippen molar-refractivity contribution in [3.8, 4) is 5.75 Å². The molecule has 1 aliphatic heterocycles. The molecule has 1 aliphatic rings. The Balaban J connectivity index is 2.05. The summed E-state index contributed by atoms with van der Waals surface area (Å²) in [7, 11) is 0. The molecule has 1 unspecified atom stereocenters. The molecule has 0 aromatic heterocycles. The molecule has 0 radical (unpaired) electrons. The van der Waals surface area contributed by atoms with Gasteiger partial charge in [0.25, 0.3) is 0 Å². The van der Waals surface area contributed by atoms with Crippen molar-refractivity contribution in [2.45, 2.75) is 19.8 Å². The standard InChI is InChI=1S/C15H19NO2/c1-3-9-18-14-7-5-13(6-8-14)16-11-12(4-2)10-15(16)17/h4-8,12H,2-3,9-11H2,1H3. The highest BCUT2D eigenvalue weighted by molar-refractivity contribution is 5.96. The number of anilines is 1. The van der Waals surface area contributed by atoms with E-state index in [9.17, 15) is 4.79 Å². The molecular weight excluding hydrogens is 226 g/mol. The first-order valence-corrected chi connectivity index (χ1v) is 6.40. The van der Waals surface area contributed by atoms with Crippen LogP contribution < -0.4 is 9.64 Å². The zero-order chi connectivity index (χ0) is 13.0. The molecule has 96 valence electrons. The Morgan fingerprint density at radius 2 is 2.17 bits per heavy atom. The quantitative estimate of drug-likeness (QED) is 0.746. The second kappa shape index (κ2) is 5.71. The Morgan fingerprint density at radius 1 is 1.44 bits per heavy atom. The minimum atomic E-state index is 0.169. The predicted molar refractivity (Wildman–Crippen MR) is 72.9 cm³/mol. The van der Waals surface area contributed by atoms with Crippen LogP contribution in [0.1, 0.15) is 19.8 Å². The van der Waals surface area contributed by atoms with Crippen LogP contribution in [0.4, 0.5) is 5.69 Å². The summed E-state index contributed by atoms with van der Waals surface area (Å²) in [6, 6.07) is 7.71. The molecule has 1 aromatic rings. The van der Waals surface area contributed by atoms with Crippen molar-refractivity contribution in [3.63, 3.8) is 0 Å². The van der Waals surface area contributed by atoms with E-state index >= 15 is 0 Å². The third kappa shape index (κ3) is 2.73. The lowest BCUT2D eigenvalue weighted by Crippen LogP contribution is -2.24. The molecule has 1 aromatic carbocycles. The Morgan fingerprint density at radius 3 is 2.72 bits per heavy atom. The maximum Gasteiger partial charge on any atom is 0.227 e. The molecule has 1 heterocycles. The summed E-state index contributed by atoms with van der Waals surface area (Å²) in [5.41, 5.74) is 0.938. The van der Waals surface area contributed by atoms with Crippen LogP contribution in [-0.2, 0) is 4.79 Å². The van der Waals surface area contributed by atoms with Crippen LogP contribution in [0.25, 0.3) is 0 Å². The number of carbonyl (C=O) groups is 1. The highest BCUT2D eigenvalue weighted by Gasteiger charge is 2.28. The highest BCUT2D eigenvalue weighted by Crippen LogP contribution is 2.27. The van der Waals surface area contributed by atoms with Gasteiger partial charge in [0, 0.05) is 24.6 Å². The van der Waals surface area contributed by atoms with Crippen molar-refractivity contribution in [1.82, 2.24) is 0 Å². The van der Waals surface area contributed by atoms with Gasteiger partial charge in [-0.3, -0.25) is 4.79 Å². The van der Waals surface area contributed by atoms with Crippen molar-refractivity contribution in [1.29, 1.82) is 0 Å². The second-order valence-corrected chi connectivity index (χ2v) is 4.55. The van der Waals surface area contributed by atoms with Crippen LogP contribution in [0.15, 0.2) is 36.9 Å². The molecule has 0 aliphatic carbocycles. The third-order valence-corrected chi connectivity index (χ3v) is 3.11. The summed E-state index contributed by atoms with van der Waals surface area (Å²) in [6.07, 6.45) is 3.42. The number of benzene rings is 1. The first kappa shape index (κ1) is 12.7. The molecule has 1 amide bonds. The Bertz CT molecular complexity index is 425. The first-order valence-electron chi connectivity index (χ1n) is 6.40. The van der Waals surface area contributed by atoms with Gasteiger partial charge in [0.05, 0.1) is 6.61 Å². The van der Waals surface area contributed by atoms with Crippen molar-refractivity contribution in [2.24, 2.45) is 5.92 Å². The summed E-state index contributed by atoms with van der Waals surface area (Å²) in [5.74, 6) is 1.29. The van der Waals surface area contributed by atoms with E-state index in [2.05, 4.69) is 13.5 Å². The van der Waals surface area contributed by atoms with Crippen LogP contribution in [0.3, 0.4) is 0 Å². The number of hydrogen-bond acceptors (Lipinski definition) is 2. The monoisotopic (exact) mass is 245 g/mol. The summed E-state index contributed by atoms with van der Waals surface area (Å²) in [6.45, 7) is 7.29. The zero-order valence-corrected chi connectivity index (χ0v) is 10.8. The van der Waals surface area contributed by atoms with Gasteiger partial charge in [-0.05, 0) is 30.7 Å². The molecule has 1 atom stereocenters. The molecule has 0 bridgehead atoms. The van der Waals surface area contributed by atoms with E-state index in [1.54, 1.807) is 0 Å². The van der Waals surface area contributed by atoms with E-state index in [0.717, 1.165) is 31.0 Å². The average molecular weight is 245 g/mol. The van der Waals surface area contributed by atoms with Gasteiger partial charge >= 0.3 is 0 Å². The van der Waals surface area contributed by atoms with Gasteiger partial charge in [-0.25, -0.2) is 0 Å². The molecule has 3 heteroatoms. The first-order chi connectivity index (χ1) is 8.74. The molecule has 3 nitrogen and oxygen atoms in total. The molecule has 1 saturated heterocycles. The van der Waals surface area contributed by atoms with Gasteiger partial charge in [-0.1, -0.05) is 13.0 Å². The Kier molecular flexibility index (Phi) is 4.03. The Labute approximate surface area is 108 Å².